The Hall–Kier alpha value is -2.92. The average molecular weight is 556 g/mol. The summed E-state index contributed by atoms with van der Waals surface area (Å²) in [5.74, 6) is 1.85. The molecule has 0 saturated carbocycles. The van der Waals surface area contributed by atoms with Crippen LogP contribution >= 0.6 is 34.4 Å². The van der Waals surface area contributed by atoms with Crippen LogP contribution in [0.1, 0.15) is 12.2 Å². The van der Waals surface area contributed by atoms with E-state index in [4.69, 9.17) is 0 Å². The number of hydrogen-bond donors (Lipinski definition) is 2. The summed E-state index contributed by atoms with van der Waals surface area (Å²) < 4.78 is 3.22. The van der Waals surface area contributed by atoms with E-state index in [1.54, 1.807) is 12.3 Å². The van der Waals surface area contributed by atoms with Crippen molar-refractivity contribution in [3.05, 3.63) is 88.4 Å². The third kappa shape index (κ3) is 6.07. The summed E-state index contributed by atoms with van der Waals surface area (Å²) >= 11 is 3.79. The third-order valence-corrected chi connectivity index (χ3v) is 6.15. The molecule has 0 aliphatic carbocycles. The highest BCUT2D eigenvalue weighted by Gasteiger charge is 2.15. The number of aromatic nitrogens is 4. The molecule has 2 N–H and O–H groups in total. The Morgan fingerprint density at radius 3 is 2.50 bits per heavy atom. The predicted octanol–water partition coefficient (Wildman–Crippen LogP) is 5.00. The lowest BCUT2D eigenvalue weighted by atomic mass is 10.3. The van der Waals surface area contributed by atoms with Gasteiger partial charge in [-0.3, -0.25) is 9.36 Å². The minimum atomic E-state index is -0.0809. The molecular formula is C23H21IN6OS. The van der Waals surface area contributed by atoms with Crippen LogP contribution in [-0.4, -0.2) is 31.4 Å². The molecule has 2 aromatic heterocycles. The van der Waals surface area contributed by atoms with Crippen molar-refractivity contribution in [1.82, 2.24) is 19.7 Å². The fourth-order valence-corrected chi connectivity index (χ4v) is 4.24. The quantitative estimate of drug-likeness (QED) is 0.223. The minimum Gasteiger partial charge on any atom is -0.378 e. The Balaban J connectivity index is 1.43. The van der Waals surface area contributed by atoms with Crippen LogP contribution in [0.5, 0.6) is 0 Å². The Morgan fingerprint density at radius 2 is 1.75 bits per heavy atom. The van der Waals surface area contributed by atoms with Gasteiger partial charge in [0.2, 0.25) is 5.91 Å². The lowest BCUT2D eigenvalue weighted by Gasteiger charge is -2.11. The molecule has 7 nitrogen and oxygen atoms in total. The highest BCUT2D eigenvalue weighted by Crippen LogP contribution is 2.23. The summed E-state index contributed by atoms with van der Waals surface area (Å²) in [6.45, 7) is 0.531. The molecule has 2 heterocycles. The summed E-state index contributed by atoms with van der Waals surface area (Å²) in [6.07, 6.45) is 2.00. The number of benzene rings is 2. The van der Waals surface area contributed by atoms with Crippen LogP contribution in [-0.2, 0) is 11.3 Å². The third-order valence-electron chi connectivity index (χ3n) is 4.50. The van der Waals surface area contributed by atoms with Gasteiger partial charge in [0.05, 0.1) is 6.54 Å². The second-order valence-corrected chi connectivity index (χ2v) is 9.10. The van der Waals surface area contributed by atoms with Crippen molar-refractivity contribution in [2.45, 2.75) is 18.1 Å². The molecule has 162 valence electrons. The smallest absolute Gasteiger partial charge is 0.226 e. The molecule has 9 heteroatoms. The Morgan fingerprint density at radius 1 is 0.969 bits per heavy atom. The molecule has 2 aromatic carbocycles. The SMILES string of the molecule is O=C(CCSc1nnc(CNc2ccc(I)cc2)n1-c1ccccc1)Nc1ccccn1. The average Bonchev–Trinajstić information content (AvgIpc) is 3.22. The molecule has 0 aliphatic rings. The van der Waals surface area contributed by atoms with Crippen LogP contribution in [0, 0.1) is 3.57 Å². The predicted molar refractivity (Wildman–Crippen MR) is 136 cm³/mol. The molecule has 0 bridgehead atoms. The number of para-hydroxylation sites is 1. The lowest BCUT2D eigenvalue weighted by Crippen LogP contribution is -2.13. The number of pyridine rings is 1. The summed E-state index contributed by atoms with van der Waals surface area (Å²) in [6, 6.07) is 23.6. The van der Waals surface area contributed by atoms with Crippen LogP contribution in [0.4, 0.5) is 11.5 Å². The van der Waals surface area contributed by atoms with Gasteiger partial charge in [0.1, 0.15) is 5.82 Å². The molecule has 0 radical (unpaired) electrons. The maximum atomic E-state index is 12.2. The maximum Gasteiger partial charge on any atom is 0.226 e. The second kappa shape index (κ2) is 11.1. The molecule has 0 saturated heterocycles. The number of anilines is 2. The van der Waals surface area contributed by atoms with Gasteiger partial charge in [-0.05, 0) is 71.1 Å². The second-order valence-electron chi connectivity index (χ2n) is 6.79. The fourth-order valence-electron chi connectivity index (χ4n) is 2.97. The number of nitrogens with zero attached hydrogens (tertiary/aromatic N) is 4. The van der Waals surface area contributed by atoms with E-state index in [9.17, 15) is 4.79 Å². The van der Waals surface area contributed by atoms with Crippen LogP contribution in [0.3, 0.4) is 0 Å². The van der Waals surface area contributed by atoms with Crippen molar-refractivity contribution in [1.29, 1.82) is 0 Å². The van der Waals surface area contributed by atoms with Gasteiger partial charge >= 0.3 is 0 Å². The van der Waals surface area contributed by atoms with E-state index < -0.39 is 0 Å². The van der Waals surface area contributed by atoms with E-state index in [-0.39, 0.29) is 5.91 Å². The number of hydrogen-bond acceptors (Lipinski definition) is 6. The summed E-state index contributed by atoms with van der Waals surface area (Å²) in [7, 11) is 0. The van der Waals surface area contributed by atoms with Gasteiger partial charge < -0.3 is 10.6 Å². The van der Waals surface area contributed by atoms with Gasteiger partial charge in [-0.25, -0.2) is 4.98 Å². The summed E-state index contributed by atoms with van der Waals surface area (Å²) in [5, 5.41) is 15.8. The molecule has 0 aliphatic heterocycles. The first kappa shape index (κ1) is 22.3. The normalized spacial score (nSPS) is 10.7. The maximum absolute atomic E-state index is 12.2. The number of carbonyl (C=O) groups excluding carboxylic acids is 1. The van der Waals surface area contributed by atoms with E-state index in [1.807, 2.05) is 59.2 Å². The minimum absolute atomic E-state index is 0.0809. The van der Waals surface area contributed by atoms with Crippen molar-refractivity contribution >= 4 is 51.8 Å². The molecule has 0 unspecified atom stereocenters. The highest BCUT2D eigenvalue weighted by atomic mass is 127. The number of rotatable bonds is 9. The number of carbonyl (C=O) groups is 1. The molecule has 32 heavy (non-hydrogen) atoms. The molecule has 4 rings (SSSR count). The van der Waals surface area contributed by atoms with Crippen LogP contribution < -0.4 is 10.6 Å². The van der Waals surface area contributed by atoms with Crippen molar-refractivity contribution in [3.8, 4) is 5.69 Å². The van der Waals surface area contributed by atoms with Gasteiger partial charge in [0.15, 0.2) is 11.0 Å². The van der Waals surface area contributed by atoms with E-state index in [0.29, 0.717) is 24.5 Å². The lowest BCUT2D eigenvalue weighted by molar-refractivity contribution is -0.115. The topological polar surface area (TPSA) is 84.7 Å². The van der Waals surface area contributed by atoms with E-state index in [2.05, 4.69) is 60.5 Å². The van der Waals surface area contributed by atoms with Crippen molar-refractivity contribution in [2.75, 3.05) is 16.4 Å². The number of amides is 1. The van der Waals surface area contributed by atoms with Gasteiger partial charge in [0.25, 0.3) is 0 Å². The van der Waals surface area contributed by atoms with E-state index in [0.717, 1.165) is 22.4 Å². The van der Waals surface area contributed by atoms with Crippen LogP contribution in [0.2, 0.25) is 0 Å². The first-order chi connectivity index (χ1) is 15.7. The first-order valence-electron chi connectivity index (χ1n) is 10.0. The number of thioether (sulfide) groups is 1. The zero-order valence-corrected chi connectivity index (χ0v) is 20.1. The fraction of sp³-hybridized carbons (Fsp3) is 0.130. The van der Waals surface area contributed by atoms with Crippen LogP contribution in [0.15, 0.2) is 84.1 Å². The zero-order valence-electron chi connectivity index (χ0n) is 17.1. The molecule has 4 aromatic rings. The van der Waals surface area contributed by atoms with Crippen molar-refractivity contribution < 1.29 is 4.79 Å². The summed E-state index contributed by atoms with van der Waals surface area (Å²) in [5.41, 5.74) is 2.01. The zero-order chi connectivity index (χ0) is 22.2. The largest absolute Gasteiger partial charge is 0.378 e. The Labute approximate surface area is 204 Å². The highest BCUT2D eigenvalue weighted by molar-refractivity contribution is 14.1. The molecule has 0 fully saturated rings. The standard InChI is InChI=1S/C23H21IN6OS/c24-17-9-11-18(12-10-17)26-16-21-28-29-23(30(21)19-6-2-1-3-7-19)32-15-13-22(31)27-20-8-4-5-14-25-20/h1-12,14,26H,13,15-16H2,(H,25,27,31). The Bertz CT molecular complexity index is 1150. The number of halogens is 1. The van der Waals surface area contributed by atoms with Crippen molar-refractivity contribution in [2.24, 2.45) is 0 Å². The van der Waals surface area contributed by atoms with Gasteiger partial charge in [-0.15, -0.1) is 10.2 Å². The number of nitrogens with one attached hydrogen (secondary N) is 2. The molecule has 1 amide bonds. The molecule has 0 atom stereocenters. The van der Waals surface area contributed by atoms with Crippen LogP contribution in [0.25, 0.3) is 5.69 Å². The van der Waals surface area contributed by atoms with E-state index in [1.165, 1.54) is 15.3 Å². The van der Waals surface area contributed by atoms with E-state index >= 15 is 0 Å². The van der Waals surface area contributed by atoms with Gasteiger partial charge in [0, 0.05) is 33.3 Å². The van der Waals surface area contributed by atoms with Gasteiger partial charge in [-0.2, -0.15) is 0 Å². The summed E-state index contributed by atoms with van der Waals surface area (Å²) in [4.78, 5) is 16.3. The molecular weight excluding hydrogens is 535 g/mol. The Kier molecular flexibility index (Phi) is 7.73. The first-order valence-corrected chi connectivity index (χ1v) is 12.1. The van der Waals surface area contributed by atoms with Gasteiger partial charge in [-0.1, -0.05) is 36.0 Å². The van der Waals surface area contributed by atoms with Crippen molar-refractivity contribution in [3.63, 3.8) is 0 Å². The molecule has 0 spiro atoms. The monoisotopic (exact) mass is 556 g/mol.